The fraction of sp³-hybridized carbons (Fsp3) is 0.417. The highest BCUT2D eigenvalue weighted by Crippen LogP contribution is 2.35. The number of sulfone groups is 1. The number of hydrogen-bond donors (Lipinski definition) is 1. The molecular weight excluding hydrogens is 475 g/mol. The van der Waals surface area contributed by atoms with Crippen molar-refractivity contribution in [2.24, 2.45) is 5.10 Å². The third-order valence-corrected chi connectivity index (χ3v) is 7.84. The number of benzene rings is 2. The summed E-state index contributed by atoms with van der Waals surface area (Å²) in [7, 11) is 1.31. The lowest BCUT2D eigenvalue weighted by molar-refractivity contribution is 0.184. The normalized spacial score (nSPS) is 19.3. The second kappa shape index (κ2) is 9.73. The topological polar surface area (TPSA) is 101 Å². The van der Waals surface area contributed by atoms with Crippen molar-refractivity contribution < 1.29 is 27.1 Å². The van der Waals surface area contributed by atoms with Gasteiger partial charge in [0, 0.05) is 24.7 Å². The predicted molar refractivity (Wildman–Crippen MR) is 132 cm³/mol. The maximum Gasteiger partial charge on any atom is 0.337 e. The summed E-state index contributed by atoms with van der Waals surface area (Å²) in [6.07, 6.45) is 0.920. The van der Waals surface area contributed by atoms with Crippen molar-refractivity contribution in [1.82, 2.24) is 10.3 Å². The van der Waals surface area contributed by atoms with Crippen molar-refractivity contribution in [3.63, 3.8) is 0 Å². The van der Waals surface area contributed by atoms with Gasteiger partial charge in [-0.15, -0.1) is 0 Å². The van der Waals surface area contributed by atoms with E-state index in [1.165, 1.54) is 30.1 Å². The van der Waals surface area contributed by atoms with Crippen LogP contribution in [0.3, 0.4) is 0 Å². The van der Waals surface area contributed by atoms with Gasteiger partial charge in [0.25, 0.3) is 0 Å². The SMILES string of the molecule is CNC(=O)N1N=C(c2ccc(F)c(N3CCCS(=O)(=O)C3)c2)c2cc(OC)c(OC)cc2CC1C. The summed E-state index contributed by atoms with van der Waals surface area (Å²) in [5.41, 5.74) is 2.76. The molecule has 1 N–H and O–H groups in total. The highest BCUT2D eigenvalue weighted by molar-refractivity contribution is 7.91. The van der Waals surface area contributed by atoms with Crippen LogP contribution in [-0.4, -0.2) is 70.7 Å². The van der Waals surface area contributed by atoms with Crippen LogP contribution in [0.15, 0.2) is 35.4 Å². The summed E-state index contributed by atoms with van der Waals surface area (Å²) in [4.78, 5) is 14.2. The lowest BCUT2D eigenvalue weighted by Crippen LogP contribution is -2.41. The number of halogens is 1. The number of hydrogen-bond acceptors (Lipinski definition) is 7. The molecule has 2 amide bonds. The maximum atomic E-state index is 14.9. The lowest BCUT2D eigenvalue weighted by atomic mass is 9.93. The van der Waals surface area contributed by atoms with Gasteiger partial charge in [-0.25, -0.2) is 22.6 Å². The molecular formula is C24H29FN4O5S. The van der Waals surface area contributed by atoms with E-state index >= 15 is 0 Å². The Hall–Kier alpha value is -3.34. The number of ether oxygens (including phenoxy) is 2. The van der Waals surface area contributed by atoms with Crippen LogP contribution in [-0.2, 0) is 16.3 Å². The molecule has 2 aliphatic heterocycles. The zero-order chi connectivity index (χ0) is 25.3. The van der Waals surface area contributed by atoms with Crippen molar-refractivity contribution in [3.8, 4) is 11.5 Å². The largest absolute Gasteiger partial charge is 0.493 e. The average Bonchev–Trinajstić information content (AvgIpc) is 2.97. The lowest BCUT2D eigenvalue weighted by Gasteiger charge is -2.29. The molecule has 35 heavy (non-hydrogen) atoms. The molecule has 2 aromatic carbocycles. The number of urea groups is 1. The van der Waals surface area contributed by atoms with Gasteiger partial charge in [-0.05, 0) is 55.7 Å². The summed E-state index contributed by atoms with van der Waals surface area (Å²) in [5, 5.41) is 8.67. The molecule has 4 rings (SSSR count). The second-order valence-electron chi connectivity index (χ2n) is 8.63. The van der Waals surface area contributed by atoms with Crippen molar-refractivity contribution in [3.05, 3.63) is 52.8 Å². The summed E-state index contributed by atoms with van der Waals surface area (Å²) >= 11 is 0. The molecule has 11 heteroatoms. The van der Waals surface area contributed by atoms with Gasteiger partial charge >= 0.3 is 6.03 Å². The van der Waals surface area contributed by atoms with Gasteiger partial charge < -0.3 is 19.7 Å². The van der Waals surface area contributed by atoms with Gasteiger partial charge in [-0.1, -0.05) is 0 Å². The number of hydrazone groups is 1. The molecule has 1 unspecified atom stereocenters. The molecule has 0 aliphatic carbocycles. The summed E-state index contributed by atoms with van der Waals surface area (Å²) in [6, 6.07) is 7.45. The number of anilines is 1. The molecule has 2 heterocycles. The Balaban J connectivity index is 1.90. The van der Waals surface area contributed by atoms with Crippen LogP contribution in [0, 0.1) is 5.82 Å². The van der Waals surface area contributed by atoms with E-state index in [2.05, 4.69) is 5.32 Å². The molecule has 9 nitrogen and oxygen atoms in total. The average molecular weight is 505 g/mol. The summed E-state index contributed by atoms with van der Waals surface area (Å²) < 4.78 is 50.3. The number of amides is 2. The van der Waals surface area contributed by atoms with Crippen LogP contribution in [0.2, 0.25) is 0 Å². The van der Waals surface area contributed by atoms with E-state index in [1.54, 1.807) is 25.3 Å². The number of nitrogens with zero attached hydrogens (tertiary/aromatic N) is 3. The Morgan fingerprint density at radius 3 is 2.54 bits per heavy atom. The Morgan fingerprint density at radius 1 is 1.17 bits per heavy atom. The predicted octanol–water partition coefficient (Wildman–Crippen LogP) is 2.76. The van der Waals surface area contributed by atoms with Crippen molar-refractivity contribution in [1.29, 1.82) is 0 Å². The smallest absolute Gasteiger partial charge is 0.337 e. The van der Waals surface area contributed by atoms with E-state index in [0.29, 0.717) is 47.7 Å². The summed E-state index contributed by atoms with van der Waals surface area (Å²) in [6.45, 7) is 2.31. The second-order valence-corrected chi connectivity index (χ2v) is 10.8. The van der Waals surface area contributed by atoms with Gasteiger partial charge in [0.15, 0.2) is 21.3 Å². The Labute approximate surface area is 204 Å². The molecule has 0 radical (unpaired) electrons. The quantitative estimate of drug-likeness (QED) is 0.687. The van der Waals surface area contributed by atoms with Crippen LogP contribution in [0.4, 0.5) is 14.9 Å². The van der Waals surface area contributed by atoms with Gasteiger partial charge in [-0.3, -0.25) is 0 Å². The minimum Gasteiger partial charge on any atom is -0.493 e. The van der Waals surface area contributed by atoms with Crippen molar-refractivity contribution in [2.45, 2.75) is 25.8 Å². The number of rotatable bonds is 4. The molecule has 0 spiro atoms. The first-order valence-corrected chi connectivity index (χ1v) is 13.1. The van der Waals surface area contributed by atoms with Crippen LogP contribution in [0.5, 0.6) is 11.5 Å². The van der Waals surface area contributed by atoms with Gasteiger partial charge in [0.05, 0.1) is 37.4 Å². The molecule has 1 saturated heterocycles. The van der Waals surface area contributed by atoms with E-state index in [0.717, 1.165) is 5.56 Å². The van der Waals surface area contributed by atoms with Crippen LogP contribution in [0.1, 0.15) is 30.0 Å². The number of fused-ring (bicyclic) bond motifs is 1. The van der Waals surface area contributed by atoms with Crippen molar-refractivity contribution in [2.75, 3.05) is 44.3 Å². The third-order valence-electron chi connectivity index (χ3n) is 6.22. The number of nitrogens with one attached hydrogen (secondary N) is 1. The van der Waals surface area contributed by atoms with E-state index < -0.39 is 15.7 Å². The minimum absolute atomic E-state index is 0.0888. The first kappa shape index (κ1) is 24.8. The zero-order valence-electron chi connectivity index (χ0n) is 20.2. The fourth-order valence-corrected chi connectivity index (χ4v) is 5.92. The maximum absolute atomic E-state index is 14.9. The van der Waals surface area contributed by atoms with E-state index in [9.17, 15) is 17.6 Å². The van der Waals surface area contributed by atoms with E-state index in [1.807, 2.05) is 13.0 Å². The standard InChI is InChI=1S/C24H29FN4O5S/c1-15-10-17-12-21(33-3)22(34-4)13-18(17)23(27-29(15)24(30)26-2)16-6-7-19(25)20(11-16)28-8-5-9-35(31,32)14-28/h6-7,11-13,15H,5,8-10,14H2,1-4H3,(H,26,30). The molecule has 0 aromatic heterocycles. The molecule has 2 aromatic rings. The van der Waals surface area contributed by atoms with Gasteiger partial charge in [-0.2, -0.15) is 5.10 Å². The monoisotopic (exact) mass is 504 g/mol. The third kappa shape index (κ3) is 4.90. The minimum atomic E-state index is -3.30. The number of carbonyl (C=O) groups excluding carboxylic acids is 1. The Bertz CT molecular complexity index is 1280. The zero-order valence-corrected chi connectivity index (χ0v) is 21.0. The fourth-order valence-electron chi connectivity index (χ4n) is 4.48. The Kier molecular flexibility index (Phi) is 6.88. The first-order valence-electron chi connectivity index (χ1n) is 11.3. The summed E-state index contributed by atoms with van der Waals surface area (Å²) in [5.74, 6) is 0.354. The highest BCUT2D eigenvalue weighted by Gasteiger charge is 2.30. The van der Waals surface area contributed by atoms with Crippen LogP contribution in [0.25, 0.3) is 0 Å². The number of carbonyl (C=O) groups is 1. The molecule has 1 fully saturated rings. The van der Waals surface area contributed by atoms with Crippen molar-refractivity contribution >= 4 is 27.3 Å². The molecule has 0 saturated carbocycles. The molecule has 0 bridgehead atoms. The van der Waals surface area contributed by atoms with E-state index in [-0.39, 0.29) is 29.4 Å². The Morgan fingerprint density at radius 2 is 1.89 bits per heavy atom. The molecule has 2 aliphatic rings. The van der Waals surface area contributed by atoms with Gasteiger partial charge in [0.1, 0.15) is 11.7 Å². The highest BCUT2D eigenvalue weighted by atomic mass is 32.2. The number of methoxy groups -OCH3 is 2. The first-order chi connectivity index (χ1) is 16.7. The van der Waals surface area contributed by atoms with Crippen LogP contribution < -0.4 is 19.7 Å². The van der Waals surface area contributed by atoms with Gasteiger partial charge in [0.2, 0.25) is 0 Å². The molecule has 188 valence electrons. The van der Waals surface area contributed by atoms with E-state index in [4.69, 9.17) is 14.6 Å². The molecule has 1 atom stereocenters. The van der Waals surface area contributed by atoms with Crippen LogP contribution >= 0.6 is 0 Å².